The Morgan fingerprint density at radius 2 is 1.85 bits per heavy atom. The van der Waals surface area contributed by atoms with Gasteiger partial charge < -0.3 is 43.4 Å². The third-order valence-corrected chi connectivity index (χ3v) is 11.3. The lowest BCUT2D eigenvalue weighted by Gasteiger charge is -2.58. The van der Waals surface area contributed by atoms with Gasteiger partial charge in [0, 0.05) is 24.3 Å². The summed E-state index contributed by atoms with van der Waals surface area (Å²) in [5, 5.41) is 21.3. The zero-order valence-electron chi connectivity index (χ0n) is 22.4. The molecule has 0 aromatic heterocycles. The van der Waals surface area contributed by atoms with Crippen LogP contribution in [0.1, 0.15) is 39.5 Å². The Kier molecular flexibility index (Phi) is 5.14. The second-order valence-corrected chi connectivity index (χ2v) is 12.8. The van der Waals surface area contributed by atoms with Crippen molar-refractivity contribution in [1.29, 1.82) is 0 Å². The number of hydrogen-bond donors (Lipinski definition) is 2. The summed E-state index contributed by atoms with van der Waals surface area (Å²) in [6.07, 6.45) is 4.33. The van der Waals surface area contributed by atoms with Crippen LogP contribution in [-0.4, -0.2) is 102 Å². The van der Waals surface area contributed by atoms with Gasteiger partial charge in [-0.2, -0.15) is 0 Å². The van der Waals surface area contributed by atoms with Gasteiger partial charge in [-0.15, -0.1) is 0 Å². The molecule has 0 aromatic carbocycles. The molecule has 5 saturated heterocycles. The maximum Gasteiger partial charge on any atom is 0.338 e. The third kappa shape index (κ3) is 2.94. The topological polar surface area (TPSA) is 146 Å². The Morgan fingerprint density at radius 3 is 2.65 bits per heavy atom. The maximum atomic E-state index is 13.7. The van der Waals surface area contributed by atoms with E-state index in [1.54, 1.807) is 12.2 Å². The van der Waals surface area contributed by atoms with Crippen molar-refractivity contribution in [3.05, 3.63) is 36.0 Å². The molecule has 0 amide bonds. The van der Waals surface area contributed by atoms with Crippen molar-refractivity contribution in [2.24, 2.45) is 10.8 Å². The number of allylic oxidation sites excluding steroid dienone is 3. The Labute approximate surface area is 231 Å². The van der Waals surface area contributed by atoms with E-state index in [-0.39, 0.29) is 25.4 Å². The van der Waals surface area contributed by atoms with E-state index >= 15 is 0 Å². The number of carbonyl (C=O) groups excluding carboxylic acids is 2. The van der Waals surface area contributed by atoms with E-state index in [0.29, 0.717) is 25.9 Å². The van der Waals surface area contributed by atoms with Crippen molar-refractivity contribution in [2.75, 3.05) is 19.8 Å². The lowest BCUT2D eigenvalue weighted by Crippen LogP contribution is -2.67. The standard InChI is InChI=1S/C29H34O11/c1-15-6-8-26-13-34-23(33)21-28(40-21)9-10-35-27(20(31)22(32)39-24(27)28)7-4-3-5-19(30)38-16-12-18(37-17(26)11-15)29(14-36-29)25(16,26)2/h3-5,7,11,16-18,20-22,24,31-32H,6,8-10,12-14H2,1-2H3/b5-3+,7-4+/t16-,17+,18+,20+,21-,22+,24-,25+,26+,27+,28-,29+/m0/s1. The zero-order valence-corrected chi connectivity index (χ0v) is 22.4. The number of aliphatic hydroxyl groups excluding tert-OH is 2. The second-order valence-electron chi connectivity index (χ2n) is 12.8. The summed E-state index contributed by atoms with van der Waals surface area (Å²) in [4.78, 5) is 26.8. The molecule has 12 atom stereocenters. The van der Waals surface area contributed by atoms with Crippen LogP contribution in [0.4, 0.5) is 0 Å². The smallest absolute Gasteiger partial charge is 0.338 e. The highest BCUT2D eigenvalue weighted by Gasteiger charge is 2.83. The quantitative estimate of drug-likeness (QED) is 0.245. The van der Waals surface area contributed by atoms with Gasteiger partial charge in [-0.3, -0.25) is 0 Å². The van der Waals surface area contributed by atoms with Gasteiger partial charge in [-0.25, -0.2) is 9.59 Å². The lowest BCUT2D eigenvalue weighted by atomic mass is 9.51. The molecule has 8 rings (SSSR count). The second kappa shape index (κ2) is 8.03. The van der Waals surface area contributed by atoms with Crippen molar-refractivity contribution in [3.8, 4) is 0 Å². The number of aliphatic hydroxyl groups is 2. The first kappa shape index (κ1) is 25.6. The van der Waals surface area contributed by atoms with Gasteiger partial charge in [0.2, 0.25) is 0 Å². The van der Waals surface area contributed by atoms with Gasteiger partial charge in [-0.1, -0.05) is 30.7 Å². The Hall–Kier alpha value is -2.12. The molecule has 3 spiro atoms. The number of ether oxygens (including phenoxy) is 7. The average Bonchev–Trinajstić information content (AvgIpc) is 3.83. The molecule has 6 aliphatic heterocycles. The van der Waals surface area contributed by atoms with Crippen LogP contribution in [-0.2, 0) is 42.7 Å². The van der Waals surface area contributed by atoms with Gasteiger partial charge in [0.1, 0.15) is 41.7 Å². The molecule has 6 fully saturated rings. The molecule has 1 saturated carbocycles. The maximum absolute atomic E-state index is 13.7. The third-order valence-electron chi connectivity index (χ3n) is 11.3. The Balaban J connectivity index is 1.22. The first-order valence-electron chi connectivity index (χ1n) is 14.2. The van der Waals surface area contributed by atoms with Crippen molar-refractivity contribution < 1.29 is 53.0 Å². The van der Waals surface area contributed by atoms with Gasteiger partial charge >= 0.3 is 11.9 Å². The lowest BCUT2D eigenvalue weighted by molar-refractivity contribution is -0.233. The highest BCUT2D eigenvalue weighted by Crippen LogP contribution is 2.72. The minimum absolute atomic E-state index is 0.0345. The van der Waals surface area contributed by atoms with Crippen LogP contribution in [0.15, 0.2) is 36.0 Å². The highest BCUT2D eigenvalue weighted by atomic mass is 16.7. The summed E-state index contributed by atoms with van der Waals surface area (Å²) in [6.45, 7) is 4.85. The van der Waals surface area contributed by atoms with Crippen LogP contribution in [0.2, 0.25) is 0 Å². The normalized spacial score (nSPS) is 57.6. The first-order chi connectivity index (χ1) is 19.1. The van der Waals surface area contributed by atoms with E-state index in [4.69, 9.17) is 33.2 Å². The van der Waals surface area contributed by atoms with Crippen molar-refractivity contribution in [3.63, 3.8) is 0 Å². The Bertz CT molecular complexity index is 1250. The largest absolute Gasteiger partial charge is 0.463 e. The monoisotopic (exact) mass is 558 g/mol. The van der Waals surface area contributed by atoms with Gasteiger partial charge in [0.05, 0.1) is 30.8 Å². The van der Waals surface area contributed by atoms with E-state index < -0.39 is 70.3 Å². The van der Waals surface area contributed by atoms with E-state index in [2.05, 4.69) is 19.9 Å². The molecular weight excluding hydrogens is 524 g/mol. The van der Waals surface area contributed by atoms with Crippen LogP contribution in [0.3, 0.4) is 0 Å². The zero-order chi connectivity index (χ0) is 27.7. The number of epoxide rings is 2. The van der Waals surface area contributed by atoms with Gasteiger partial charge in [0.25, 0.3) is 0 Å². The molecule has 0 radical (unpaired) electrons. The predicted molar refractivity (Wildman–Crippen MR) is 132 cm³/mol. The fraction of sp³-hybridized carbons (Fsp3) is 0.724. The molecular formula is C29H34O11. The summed E-state index contributed by atoms with van der Waals surface area (Å²) in [7, 11) is 0. The Morgan fingerprint density at radius 1 is 1.02 bits per heavy atom. The highest BCUT2D eigenvalue weighted by molar-refractivity contribution is 5.82. The fourth-order valence-corrected chi connectivity index (χ4v) is 8.86. The van der Waals surface area contributed by atoms with E-state index in [0.717, 1.165) is 6.42 Å². The molecule has 40 heavy (non-hydrogen) atoms. The molecule has 0 aromatic rings. The van der Waals surface area contributed by atoms with Gasteiger partial charge in [-0.05, 0) is 25.8 Å². The number of rotatable bonds is 0. The van der Waals surface area contributed by atoms with E-state index in [1.165, 1.54) is 17.7 Å². The predicted octanol–water partition coefficient (Wildman–Crippen LogP) is 0.615. The number of carbonyl (C=O) groups is 2. The number of hydrogen-bond acceptors (Lipinski definition) is 11. The van der Waals surface area contributed by atoms with Crippen molar-refractivity contribution in [1.82, 2.24) is 0 Å². The molecule has 4 bridgehead atoms. The molecule has 6 heterocycles. The SMILES string of the molecule is CC1=C[C@H]2O[C@@H]3C[C@@H]4OC(=O)/C=C/C=C/[C@]56OCC[C@@]7(O[C@H]7C(=O)OC[C@@]2(CC1)[C@]4(C)[C@@]31CO1)[C@H]5O[C@@H](O)[C@H]6O. The van der Waals surface area contributed by atoms with Crippen molar-refractivity contribution >= 4 is 11.9 Å². The first-order valence-corrected chi connectivity index (χ1v) is 14.2. The summed E-state index contributed by atoms with van der Waals surface area (Å²) in [6, 6.07) is 0. The number of cyclic esters (lactones) is 1. The van der Waals surface area contributed by atoms with Crippen LogP contribution >= 0.6 is 0 Å². The average molecular weight is 559 g/mol. The minimum Gasteiger partial charge on any atom is -0.463 e. The summed E-state index contributed by atoms with van der Waals surface area (Å²) in [5.74, 6) is -1.07. The van der Waals surface area contributed by atoms with Crippen molar-refractivity contribution in [2.45, 2.75) is 99.2 Å². The number of esters is 2. The minimum atomic E-state index is -1.54. The van der Waals surface area contributed by atoms with Crippen LogP contribution in [0.25, 0.3) is 0 Å². The van der Waals surface area contributed by atoms with Gasteiger partial charge in [0.15, 0.2) is 12.4 Å². The van der Waals surface area contributed by atoms with Crippen LogP contribution in [0.5, 0.6) is 0 Å². The fourth-order valence-electron chi connectivity index (χ4n) is 8.86. The molecule has 2 aliphatic carbocycles. The van der Waals surface area contributed by atoms with E-state index in [9.17, 15) is 19.8 Å². The summed E-state index contributed by atoms with van der Waals surface area (Å²) in [5.41, 5.74) is -3.37. The molecule has 11 nitrogen and oxygen atoms in total. The summed E-state index contributed by atoms with van der Waals surface area (Å²) < 4.78 is 42.8. The van der Waals surface area contributed by atoms with E-state index in [1.807, 2.05) is 0 Å². The molecule has 216 valence electrons. The molecule has 11 heteroatoms. The van der Waals surface area contributed by atoms with Crippen LogP contribution < -0.4 is 0 Å². The molecule has 0 unspecified atom stereocenters. The molecule has 8 aliphatic rings. The molecule has 2 N–H and O–H groups in total. The van der Waals surface area contributed by atoms with Crippen LogP contribution in [0, 0.1) is 10.8 Å². The summed E-state index contributed by atoms with van der Waals surface area (Å²) >= 11 is 0.